The van der Waals surface area contributed by atoms with E-state index in [9.17, 15) is 0 Å². The summed E-state index contributed by atoms with van der Waals surface area (Å²) in [6.45, 7) is 5.67. The SMILES string of the molecule is CCC1NCC(C)C1c1ccn(C)n1. The van der Waals surface area contributed by atoms with Gasteiger partial charge in [0.05, 0.1) is 5.69 Å². The van der Waals surface area contributed by atoms with Crippen LogP contribution in [0.25, 0.3) is 0 Å². The Kier molecular flexibility index (Phi) is 2.59. The molecule has 2 rings (SSSR count). The van der Waals surface area contributed by atoms with Crippen molar-refractivity contribution in [3.05, 3.63) is 18.0 Å². The van der Waals surface area contributed by atoms with Gasteiger partial charge in [0.25, 0.3) is 0 Å². The molecule has 1 N–H and O–H groups in total. The second kappa shape index (κ2) is 3.73. The summed E-state index contributed by atoms with van der Waals surface area (Å²) in [6.07, 6.45) is 3.22. The van der Waals surface area contributed by atoms with Gasteiger partial charge in [-0.15, -0.1) is 0 Å². The van der Waals surface area contributed by atoms with Crippen molar-refractivity contribution >= 4 is 0 Å². The first-order valence-electron chi connectivity index (χ1n) is 5.45. The van der Waals surface area contributed by atoms with E-state index in [1.807, 2.05) is 17.9 Å². The summed E-state index contributed by atoms with van der Waals surface area (Å²) in [4.78, 5) is 0. The first kappa shape index (κ1) is 9.71. The summed E-state index contributed by atoms with van der Waals surface area (Å²) in [5.41, 5.74) is 1.25. The molecule has 0 bridgehead atoms. The first-order chi connectivity index (χ1) is 6.72. The van der Waals surface area contributed by atoms with Gasteiger partial charge in [-0.05, 0) is 24.9 Å². The second-order valence-corrected chi connectivity index (χ2v) is 4.34. The van der Waals surface area contributed by atoms with Crippen LogP contribution in [0.2, 0.25) is 0 Å². The molecule has 0 spiro atoms. The fraction of sp³-hybridized carbons (Fsp3) is 0.727. The summed E-state index contributed by atoms with van der Waals surface area (Å²) in [5.74, 6) is 1.30. The lowest BCUT2D eigenvalue weighted by Crippen LogP contribution is -2.25. The minimum absolute atomic E-state index is 0.598. The fourth-order valence-corrected chi connectivity index (χ4v) is 2.49. The maximum atomic E-state index is 4.52. The van der Waals surface area contributed by atoms with Gasteiger partial charge in [-0.1, -0.05) is 13.8 Å². The zero-order valence-electron chi connectivity index (χ0n) is 9.20. The van der Waals surface area contributed by atoms with Crippen LogP contribution in [0.5, 0.6) is 0 Å². The molecule has 0 amide bonds. The quantitative estimate of drug-likeness (QED) is 0.772. The van der Waals surface area contributed by atoms with Crippen molar-refractivity contribution in [1.29, 1.82) is 0 Å². The van der Waals surface area contributed by atoms with E-state index < -0.39 is 0 Å². The Morgan fingerprint density at radius 1 is 1.64 bits per heavy atom. The number of hydrogen-bond acceptors (Lipinski definition) is 2. The van der Waals surface area contributed by atoms with Gasteiger partial charge in [0.1, 0.15) is 0 Å². The molecule has 14 heavy (non-hydrogen) atoms. The predicted molar refractivity (Wildman–Crippen MR) is 57.2 cm³/mol. The Hall–Kier alpha value is -0.830. The van der Waals surface area contributed by atoms with E-state index in [0.717, 1.165) is 6.54 Å². The number of nitrogens with zero attached hydrogens (tertiary/aromatic N) is 2. The predicted octanol–water partition coefficient (Wildman–Crippen LogP) is 1.52. The molecule has 1 fully saturated rings. The molecule has 1 aliphatic heterocycles. The summed E-state index contributed by atoms with van der Waals surface area (Å²) >= 11 is 0. The lowest BCUT2D eigenvalue weighted by molar-refractivity contribution is 0.469. The molecule has 3 heteroatoms. The van der Waals surface area contributed by atoms with Crippen LogP contribution in [-0.4, -0.2) is 22.4 Å². The number of rotatable bonds is 2. The highest BCUT2D eigenvalue weighted by Crippen LogP contribution is 2.32. The van der Waals surface area contributed by atoms with Crippen molar-refractivity contribution in [2.24, 2.45) is 13.0 Å². The average molecular weight is 193 g/mol. The fourth-order valence-electron chi connectivity index (χ4n) is 2.49. The van der Waals surface area contributed by atoms with Crippen molar-refractivity contribution in [1.82, 2.24) is 15.1 Å². The highest BCUT2D eigenvalue weighted by atomic mass is 15.3. The minimum Gasteiger partial charge on any atom is -0.313 e. The second-order valence-electron chi connectivity index (χ2n) is 4.34. The molecule has 3 atom stereocenters. The molecule has 1 aliphatic rings. The zero-order valence-corrected chi connectivity index (χ0v) is 9.20. The van der Waals surface area contributed by atoms with Gasteiger partial charge in [0.15, 0.2) is 0 Å². The van der Waals surface area contributed by atoms with E-state index in [1.165, 1.54) is 12.1 Å². The summed E-state index contributed by atoms with van der Waals surface area (Å²) in [6, 6.07) is 2.76. The van der Waals surface area contributed by atoms with Gasteiger partial charge in [-0.2, -0.15) is 5.10 Å². The summed E-state index contributed by atoms with van der Waals surface area (Å²) in [7, 11) is 1.98. The number of nitrogens with one attached hydrogen (secondary N) is 1. The topological polar surface area (TPSA) is 29.9 Å². The van der Waals surface area contributed by atoms with E-state index in [1.54, 1.807) is 0 Å². The Morgan fingerprint density at radius 2 is 2.43 bits per heavy atom. The van der Waals surface area contributed by atoms with E-state index in [0.29, 0.717) is 17.9 Å². The van der Waals surface area contributed by atoms with E-state index in [4.69, 9.17) is 0 Å². The van der Waals surface area contributed by atoms with Crippen LogP contribution >= 0.6 is 0 Å². The van der Waals surface area contributed by atoms with Crippen LogP contribution in [0.3, 0.4) is 0 Å². The lowest BCUT2D eigenvalue weighted by Gasteiger charge is -2.18. The van der Waals surface area contributed by atoms with Crippen LogP contribution in [0.1, 0.15) is 31.9 Å². The third-order valence-corrected chi connectivity index (χ3v) is 3.26. The van der Waals surface area contributed by atoms with Gasteiger partial charge in [-0.3, -0.25) is 4.68 Å². The monoisotopic (exact) mass is 193 g/mol. The van der Waals surface area contributed by atoms with Gasteiger partial charge < -0.3 is 5.32 Å². The standard InChI is InChI=1S/C11H19N3/c1-4-9-11(8(2)7-12-9)10-5-6-14(3)13-10/h5-6,8-9,11-12H,4,7H2,1-3H3. The highest BCUT2D eigenvalue weighted by molar-refractivity contribution is 5.14. The Labute approximate surface area is 85.5 Å². The minimum atomic E-state index is 0.598. The molecule has 3 nitrogen and oxygen atoms in total. The Bertz CT molecular complexity index is 305. The van der Waals surface area contributed by atoms with Crippen LogP contribution in [0.15, 0.2) is 12.3 Å². The van der Waals surface area contributed by atoms with Crippen molar-refractivity contribution in [3.8, 4) is 0 Å². The van der Waals surface area contributed by atoms with Gasteiger partial charge in [-0.25, -0.2) is 0 Å². The lowest BCUT2D eigenvalue weighted by atomic mass is 9.88. The van der Waals surface area contributed by atoms with Crippen LogP contribution in [0, 0.1) is 5.92 Å². The largest absolute Gasteiger partial charge is 0.313 e. The zero-order chi connectivity index (χ0) is 10.1. The van der Waals surface area contributed by atoms with Gasteiger partial charge in [0.2, 0.25) is 0 Å². The van der Waals surface area contributed by atoms with Crippen molar-refractivity contribution in [2.75, 3.05) is 6.54 Å². The van der Waals surface area contributed by atoms with Crippen LogP contribution in [0.4, 0.5) is 0 Å². The van der Waals surface area contributed by atoms with Crippen molar-refractivity contribution in [2.45, 2.75) is 32.2 Å². The molecule has 0 aromatic carbocycles. The third kappa shape index (κ3) is 1.57. The van der Waals surface area contributed by atoms with E-state index in [-0.39, 0.29) is 0 Å². The summed E-state index contributed by atoms with van der Waals surface area (Å²) < 4.78 is 1.90. The first-order valence-corrected chi connectivity index (χ1v) is 5.45. The van der Waals surface area contributed by atoms with Crippen LogP contribution in [-0.2, 0) is 7.05 Å². The molecule has 1 saturated heterocycles. The molecule has 2 heterocycles. The molecular formula is C11H19N3. The summed E-state index contributed by atoms with van der Waals surface area (Å²) in [5, 5.41) is 8.08. The van der Waals surface area contributed by atoms with Gasteiger partial charge in [0, 0.05) is 25.2 Å². The average Bonchev–Trinajstić information content (AvgIpc) is 2.71. The molecular weight excluding hydrogens is 174 g/mol. The smallest absolute Gasteiger partial charge is 0.0674 e. The third-order valence-electron chi connectivity index (χ3n) is 3.26. The molecule has 1 aromatic rings. The number of hydrogen-bond donors (Lipinski definition) is 1. The molecule has 1 aromatic heterocycles. The Balaban J connectivity index is 2.22. The van der Waals surface area contributed by atoms with Crippen LogP contribution < -0.4 is 5.32 Å². The molecule has 3 unspecified atom stereocenters. The van der Waals surface area contributed by atoms with Crippen molar-refractivity contribution in [3.63, 3.8) is 0 Å². The highest BCUT2D eigenvalue weighted by Gasteiger charge is 2.34. The van der Waals surface area contributed by atoms with Gasteiger partial charge >= 0.3 is 0 Å². The molecule has 0 saturated carbocycles. The van der Waals surface area contributed by atoms with E-state index >= 15 is 0 Å². The maximum Gasteiger partial charge on any atom is 0.0674 e. The molecule has 78 valence electrons. The molecule has 0 radical (unpaired) electrons. The maximum absolute atomic E-state index is 4.52. The normalized spacial score (nSPS) is 32.4. The van der Waals surface area contributed by atoms with Crippen molar-refractivity contribution < 1.29 is 0 Å². The Morgan fingerprint density at radius 3 is 3.00 bits per heavy atom. The number of aromatic nitrogens is 2. The number of aryl methyl sites for hydroxylation is 1. The van der Waals surface area contributed by atoms with E-state index in [2.05, 4.69) is 30.3 Å². The molecule has 0 aliphatic carbocycles.